The van der Waals surface area contributed by atoms with Gasteiger partial charge < -0.3 is 24.6 Å². The molecule has 0 aromatic heterocycles. The highest BCUT2D eigenvalue weighted by atomic mass is 16.8. The summed E-state index contributed by atoms with van der Waals surface area (Å²) >= 11 is 0. The lowest BCUT2D eigenvalue weighted by atomic mass is 9.76. The van der Waals surface area contributed by atoms with Gasteiger partial charge in [-0.3, -0.25) is 0 Å². The summed E-state index contributed by atoms with van der Waals surface area (Å²) in [7, 11) is 0. The quantitative estimate of drug-likeness (QED) is 0.756. The number of aliphatic hydroxyl groups excluding tert-OH is 2. The molecule has 1 aliphatic carbocycles. The van der Waals surface area contributed by atoms with E-state index in [1.165, 1.54) is 0 Å². The summed E-state index contributed by atoms with van der Waals surface area (Å²) in [6.45, 7) is 13.7. The fourth-order valence-electron chi connectivity index (χ4n) is 3.58. The van der Waals surface area contributed by atoms with Crippen molar-refractivity contribution in [1.29, 1.82) is 0 Å². The minimum absolute atomic E-state index is 0.0621. The second-order valence-corrected chi connectivity index (χ2v) is 7.79. The lowest BCUT2D eigenvalue weighted by Crippen LogP contribution is -2.51. The number of hydrogen-bond acceptors (Lipinski definition) is 5. The molecule has 23 heavy (non-hydrogen) atoms. The summed E-state index contributed by atoms with van der Waals surface area (Å²) in [5, 5.41) is 21.1. The molecule has 1 saturated heterocycles. The van der Waals surface area contributed by atoms with Crippen molar-refractivity contribution in [1.82, 2.24) is 4.90 Å². The Kier molecular flexibility index (Phi) is 5.90. The van der Waals surface area contributed by atoms with E-state index < -0.39 is 18.0 Å². The predicted octanol–water partition coefficient (Wildman–Crippen LogP) is 1.93. The molecule has 4 atom stereocenters. The molecular formula is C18H33NO4. The van der Waals surface area contributed by atoms with Crippen molar-refractivity contribution in [3.8, 4) is 0 Å². The molecule has 0 aromatic carbocycles. The normalized spacial score (nSPS) is 35.1. The van der Waals surface area contributed by atoms with Gasteiger partial charge in [0.2, 0.25) is 5.79 Å². The topological polar surface area (TPSA) is 62.2 Å². The van der Waals surface area contributed by atoms with E-state index in [1.807, 2.05) is 20.8 Å². The van der Waals surface area contributed by atoms with Crippen molar-refractivity contribution >= 4 is 0 Å². The van der Waals surface area contributed by atoms with Crippen molar-refractivity contribution in [3.63, 3.8) is 0 Å². The van der Waals surface area contributed by atoms with Crippen molar-refractivity contribution < 1.29 is 19.7 Å². The standard InChI is InChI=1S/C18H33NO4/c1-6-8-19(7-2)11-13-12-22-18(23-13)10-15(20)14(9-16(18)21)17(3,4)5/h9,13,15-16,20-21H,6-8,10-12H2,1-5H3. The van der Waals surface area contributed by atoms with Crippen molar-refractivity contribution in [2.45, 2.75) is 71.6 Å². The fourth-order valence-corrected chi connectivity index (χ4v) is 3.58. The summed E-state index contributed by atoms with van der Waals surface area (Å²) in [6.07, 6.45) is 1.56. The molecule has 5 heteroatoms. The van der Waals surface area contributed by atoms with Crippen LogP contribution >= 0.6 is 0 Å². The summed E-state index contributed by atoms with van der Waals surface area (Å²) in [6, 6.07) is 0. The highest BCUT2D eigenvalue weighted by Gasteiger charge is 2.52. The maximum atomic E-state index is 10.6. The fraction of sp³-hybridized carbons (Fsp3) is 0.889. The van der Waals surface area contributed by atoms with E-state index in [2.05, 4.69) is 18.7 Å². The van der Waals surface area contributed by atoms with Gasteiger partial charge in [-0.2, -0.15) is 0 Å². The van der Waals surface area contributed by atoms with Gasteiger partial charge in [-0.05, 0) is 36.6 Å². The molecule has 0 radical (unpaired) electrons. The Bertz CT molecular complexity index is 431. The van der Waals surface area contributed by atoms with Crippen LogP contribution in [0.15, 0.2) is 11.6 Å². The third-order valence-electron chi connectivity index (χ3n) is 4.82. The van der Waals surface area contributed by atoms with E-state index in [-0.39, 0.29) is 17.9 Å². The van der Waals surface area contributed by atoms with Gasteiger partial charge >= 0.3 is 0 Å². The minimum Gasteiger partial charge on any atom is -0.389 e. The number of nitrogens with zero attached hydrogens (tertiary/aromatic N) is 1. The molecule has 2 rings (SSSR count). The van der Waals surface area contributed by atoms with Crippen LogP contribution in [0, 0.1) is 5.41 Å². The van der Waals surface area contributed by atoms with Crippen molar-refractivity contribution in [3.05, 3.63) is 11.6 Å². The summed E-state index contributed by atoms with van der Waals surface area (Å²) in [5.74, 6) is -1.09. The van der Waals surface area contributed by atoms with E-state index >= 15 is 0 Å². The lowest BCUT2D eigenvalue weighted by molar-refractivity contribution is -0.234. The van der Waals surface area contributed by atoms with Gasteiger partial charge in [-0.1, -0.05) is 34.6 Å². The Labute approximate surface area is 140 Å². The Balaban J connectivity index is 2.06. The Morgan fingerprint density at radius 3 is 2.57 bits per heavy atom. The summed E-state index contributed by atoms with van der Waals surface area (Å²) in [5.41, 5.74) is 0.674. The highest BCUT2D eigenvalue weighted by molar-refractivity contribution is 5.24. The average molecular weight is 327 g/mol. The van der Waals surface area contributed by atoms with Crippen LogP contribution in [0.5, 0.6) is 0 Å². The number of ether oxygens (including phenoxy) is 2. The van der Waals surface area contributed by atoms with Gasteiger partial charge in [0, 0.05) is 13.0 Å². The molecule has 0 amide bonds. The van der Waals surface area contributed by atoms with Gasteiger partial charge in [-0.25, -0.2) is 0 Å². The molecule has 5 nitrogen and oxygen atoms in total. The van der Waals surface area contributed by atoms with Gasteiger partial charge in [0.05, 0.1) is 18.8 Å². The van der Waals surface area contributed by atoms with Crippen LogP contribution in [0.3, 0.4) is 0 Å². The average Bonchev–Trinajstić information content (AvgIpc) is 2.85. The molecule has 1 fully saturated rings. The van der Waals surface area contributed by atoms with Gasteiger partial charge in [0.15, 0.2) is 0 Å². The first-order valence-corrected chi connectivity index (χ1v) is 8.84. The van der Waals surface area contributed by atoms with Gasteiger partial charge in [0.1, 0.15) is 6.10 Å². The van der Waals surface area contributed by atoms with E-state index in [0.717, 1.165) is 31.6 Å². The number of hydrogen-bond donors (Lipinski definition) is 2. The summed E-state index contributed by atoms with van der Waals surface area (Å²) < 4.78 is 12.0. The molecule has 134 valence electrons. The van der Waals surface area contributed by atoms with Crippen LogP contribution in [0.1, 0.15) is 47.5 Å². The number of rotatable bonds is 5. The zero-order valence-electron chi connectivity index (χ0n) is 15.2. The Hall–Kier alpha value is -0.460. The second kappa shape index (κ2) is 7.19. The van der Waals surface area contributed by atoms with E-state index in [0.29, 0.717) is 6.61 Å². The SMILES string of the molecule is CCCN(CC)CC1COC2(CC(O)C(C(C)(C)C)=CC2O)O1. The van der Waals surface area contributed by atoms with Crippen LogP contribution < -0.4 is 0 Å². The molecule has 2 aliphatic rings. The maximum absolute atomic E-state index is 10.6. The van der Waals surface area contributed by atoms with E-state index in [1.54, 1.807) is 6.08 Å². The molecule has 0 bridgehead atoms. The zero-order valence-corrected chi connectivity index (χ0v) is 15.2. The first-order valence-electron chi connectivity index (χ1n) is 8.84. The van der Waals surface area contributed by atoms with Gasteiger partial charge in [0.25, 0.3) is 0 Å². The van der Waals surface area contributed by atoms with E-state index in [9.17, 15) is 10.2 Å². The molecule has 0 aromatic rings. The largest absolute Gasteiger partial charge is 0.389 e. The smallest absolute Gasteiger partial charge is 0.201 e. The molecule has 1 aliphatic heterocycles. The molecule has 2 N–H and O–H groups in total. The molecule has 1 heterocycles. The third-order valence-corrected chi connectivity index (χ3v) is 4.82. The van der Waals surface area contributed by atoms with Crippen LogP contribution in [0.4, 0.5) is 0 Å². The predicted molar refractivity (Wildman–Crippen MR) is 90.1 cm³/mol. The molecular weight excluding hydrogens is 294 g/mol. The van der Waals surface area contributed by atoms with Crippen LogP contribution in [-0.2, 0) is 9.47 Å². The zero-order chi connectivity index (χ0) is 17.3. The third kappa shape index (κ3) is 4.15. The lowest BCUT2D eigenvalue weighted by Gasteiger charge is -2.41. The minimum atomic E-state index is -1.09. The molecule has 4 unspecified atom stereocenters. The van der Waals surface area contributed by atoms with Crippen LogP contribution in [0.2, 0.25) is 0 Å². The van der Waals surface area contributed by atoms with Crippen molar-refractivity contribution in [2.24, 2.45) is 5.41 Å². The van der Waals surface area contributed by atoms with Crippen LogP contribution in [-0.4, -0.2) is 65.5 Å². The highest BCUT2D eigenvalue weighted by Crippen LogP contribution is 2.42. The first kappa shape index (κ1) is 18.9. The number of likely N-dealkylation sites (N-methyl/N-ethyl adjacent to an activating group) is 1. The van der Waals surface area contributed by atoms with Gasteiger partial charge in [-0.15, -0.1) is 0 Å². The number of aliphatic hydroxyl groups is 2. The molecule has 0 saturated carbocycles. The maximum Gasteiger partial charge on any atom is 0.201 e. The first-order chi connectivity index (χ1) is 10.7. The molecule has 1 spiro atoms. The van der Waals surface area contributed by atoms with Crippen molar-refractivity contribution in [2.75, 3.05) is 26.2 Å². The van der Waals surface area contributed by atoms with Crippen LogP contribution in [0.25, 0.3) is 0 Å². The van der Waals surface area contributed by atoms with E-state index in [4.69, 9.17) is 9.47 Å². The summed E-state index contributed by atoms with van der Waals surface area (Å²) in [4.78, 5) is 2.33. The second-order valence-electron chi connectivity index (χ2n) is 7.79. The monoisotopic (exact) mass is 327 g/mol. The Morgan fingerprint density at radius 1 is 1.30 bits per heavy atom. The Morgan fingerprint density at radius 2 is 2.00 bits per heavy atom.